The van der Waals surface area contributed by atoms with E-state index < -0.39 is 23.3 Å². The van der Waals surface area contributed by atoms with Crippen LogP contribution in [-0.2, 0) is 0 Å². The van der Waals surface area contributed by atoms with Crippen molar-refractivity contribution >= 4 is 0 Å². The topological polar surface area (TPSA) is 38.7 Å². The Hall–Kier alpha value is -1.36. The summed E-state index contributed by atoms with van der Waals surface area (Å²) in [5.74, 6) is -2.73. The van der Waals surface area contributed by atoms with Crippen LogP contribution in [0.25, 0.3) is 0 Å². The van der Waals surface area contributed by atoms with Crippen molar-refractivity contribution in [3.8, 4) is 11.5 Å². The number of rotatable bonds is 4. The molecule has 0 aliphatic carbocycles. The van der Waals surface area contributed by atoms with E-state index in [4.69, 9.17) is 9.84 Å². The fourth-order valence-corrected chi connectivity index (χ4v) is 1.39. The quantitative estimate of drug-likeness (QED) is 0.863. The van der Waals surface area contributed by atoms with Gasteiger partial charge in [0.15, 0.2) is 17.3 Å². The van der Waals surface area contributed by atoms with Gasteiger partial charge in [-0.05, 0) is 6.07 Å². The Balaban J connectivity index is 3.40. The molecular weight excluding hydrogens is 218 g/mol. The molecule has 90 valence electrons. The van der Waals surface area contributed by atoms with Gasteiger partial charge in [0, 0.05) is 18.1 Å². The maximum atomic E-state index is 13.8. The molecule has 0 saturated carbocycles. The molecule has 0 bridgehead atoms. The third-order valence-corrected chi connectivity index (χ3v) is 2.38. The van der Waals surface area contributed by atoms with Gasteiger partial charge < -0.3 is 14.6 Å². The van der Waals surface area contributed by atoms with Crippen molar-refractivity contribution in [2.24, 2.45) is 0 Å². The number of ether oxygens (including phenoxy) is 2. The maximum absolute atomic E-state index is 13.8. The van der Waals surface area contributed by atoms with E-state index in [1.807, 2.05) is 0 Å². The predicted octanol–water partition coefficient (Wildman–Crippen LogP) is 2.08. The van der Waals surface area contributed by atoms with Crippen LogP contribution >= 0.6 is 0 Å². The Kier molecular flexibility index (Phi) is 4.06. The van der Waals surface area contributed by atoms with Crippen molar-refractivity contribution in [1.29, 1.82) is 0 Å². The Labute approximate surface area is 92.6 Å². The standard InChI is InChI=1S/C11H14F2O3/c1-6(5-14)7-4-8(15-2)10(13)11(16-3)9(7)12/h4,6,14H,5H2,1-3H3. The summed E-state index contributed by atoms with van der Waals surface area (Å²) in [5.41, 5.74) is 0.164. The minimum atomic E-state index is -0.878. The Morgan fingerprint density at radius 3 is 2.31 bits per heavy atom. The fourth-order valence-electron chi connectivity index (χ4n) is 1.39. The van der Waals surface area contributed by atoms with Gasteiger partial charge in [-0.25, -0.2) is 4.39 Å². The van der Waals surface area contributed by atoms with E-state index in [9.17, 15) is 8.78 Å². The van der Waals surface area contributed by atoms with Crippen LogP contribution < -0.4 is 9.47 Å². The highest BCUT2D eigenvalue weighted by Crippen LogP contribution is 2.35. The average Bonchev–Trinajstić information content (AvgIpc) is 2.29. The lowest BCUT2D eigenvalue weighted by Gasteiger charge is -2.15. The van der Waals surface area contributed by atoms with E-state index >= 15 is 0 Å². The molecular formula is C11H14F2O3. The molecule has 0 heterocycles. The number of aliphatic hydroxyl groups excluding tert-OH is 1. The average molecular weight is 232 g/mol. The highest BCUT2D eigenvalue weighted by atomic mass is 19.1. The maximum Gasteiger partial charge on any atom is 0.209 e. The number of hydrogen-bond acceptors (Lipinski definition) is 3. The first-order valence-corrected chi connectivity index (χ1v) is 4.77. The van der Waals surface area contributed by atoms with Crippen molar-refractivity contribution in [2.45, 2.75) is 12.8 Å². The first-order valence-electron chi connectivity index (χ1n) is 4.77. The highest BCUT2D eigenvalue weighted by Gasteiger charge is 2.22. The van der Waals surface area contributed by atoms with Gasteiger partial charge in [0.2, 0.25) is 5.82 Å². The molecule has 1 N–H and O–H groups in total. The zero-order chi connectivity index (χ0) is 12.3. The molecule has 0 spiro atoms. The smallest absolute Gasteiger partial charge is 0.209 e. The van der Waals surface area contributed by atoms with Crippen LogP contribution in [0.15, 0.2) is 6.07 Å². The van der Waals surface area contributed by atoms with Gasteiger partial charge in [-0.1, -0.05) is 6.92 Å². The minimum absolute atomic E-state index is 0.103. The summed E-state index contributed by atoms with van der Waals surface area (Å²) < 4.78 is 36.7. The second-order valence-electron chi connectivity index (χ2n) is 3.41. The second-order valence-corrected chi connectivity index (χ2v) is 3.41. The largest absolute Gasteiger partial charge is 0.494 e. The summed E-state index contributed by atoms with van der Waals surface area (Å²) in [6, 6.07) is 1.23. The molecule has 0 fully saturated rings. The highest BCUT2D eigenvalue weighted by molar-refractivity contribution is 5.43. The van der Waals surface area contributed by atoms with E-state index in [0.717, 1.165) is 0 Å². The van der Waals surface area contributed by atoms with Gasteiger partial charge >= 0.3 is 0 Å². The molecule has 1 aromatic rings. The van der Waals surface area contributed by atoms with Gasteiger partial charge in [-0.15, -0.1) is 0 Å². The molecule has 1 atom stereocenters. The monoisotopic (exact) mass is 232 g/mol. The third kappa shape index (κ3) is 2.09. The molecule has 1 unspecified atom stereocenters. The molecule has 0 radical (unpaired) electrons. The van der Waals surface area contributed by atoms with Gasteiger partial charge in [0.25, 0.3) is 0 Å². The predicted molar refractivity (Wildman–Crippen MR) is 55.0 cm³/mol. The van der Waals surface area contributed by atoms with Crippen molar-refractivity contribution in [2.75, 3.05) is 20.8 Å². The lowest BCUT2D eigenvalue weighted by atomic mass is 10.0. The first-order chi connectivity index (χ1) is 7.56. The number of aliphatic hydroxyl groups is 1. The zero-order valence-electron chi connectivity index (χ0n) is 9.38. The molecule has 3 nitrogen and oxygen atoms in total. The molecule has 1 rings (SSSR count). The molecule has 5 heteroatoms. The van der Waals surface area contributed by atoms with Gasteiger partial charge in [0.05, 0.1) is 14.2 Å². The third-order valence-electron chi connectivity index (χ3n) is 2.38. The normalized spacial score (nSPS) is 12.4. The zero-order valence-corrected chi connectivity index (χ0v) is 9.38. The van der Waals surface area contributed by atoms with Crippen molar-refractivity contribution in [3.63, 3.8) is 0 Å². The van der Waals surface area contributed by atoms with Crippen LogP contribution in [0.4, 0.5) is 8.78 Å². The van der Waals surface area contributed by atoms with Gasteiger partial charge in [-0.3, -0.25) is 0 Å². The summed E-state index contributed by atoms with van der Waals surface area (Å²) in [5, 5.41) is 8.97. The van der Waals surface area contributed by atoms with Gasteiger partial charge in [0.1, 0.15) is 0 Å². The molecule has 0 saturated heterocycles. The molecule has 16 heavy (non-hydrogen) atoms. The van der Waals surface area contributed by atoms with Crippen LogP contribution in [0.1, 0.15) is 18.4 Å². The van der Waals surface area contributed by atoms with Crippen molar-refractivity contribution in [3.05, 3.63) is 23.3 Å². The second kappa shape index (κ2) is 5.12. The van der Waals surface area contributed by atoms with Crippen LogP contribution in [0, 0.1) is 11.6 Å². The number of benzene rings is 1. The summed E-state index contributed by atoms with van der Waals surface area (Å²) >= 11 is 0. The number of hydrogen-bond donors (Lipinski definition) is 1. The number of methoxy groups -OCH3 is 2. The molecule has 0 amide bonds. The molecule has 0 aliphatic rings. The lowest BCUT2D eigenvalue weighted by Crippen LogP contribution is -2.06. The van der Waals surface area contributed by atoms with Gasteiger partial charge in [-0.2, -0.15) is 4.39 Å². The van der Waals surface area contributed by atoms with Crippen molar-refractivity contribution in [1.82, 2.24) is 0 Å². The minimum Gasteiger partial charge on any atom is -0.494 e. The van der Waals surface area contributed by atoms with Crippen LogP contribution in [0.5, 0.6) is 11.5 Å². The van der Waals surface area contributed by atoms with Crippen LogP contribution in [0.2, 0.25) is 0 Å². The van der Waals surface area contributed by atoms with E-state index in [2.05, 4.69) is 4.74 Å². The Morgan fingerprint density at radius 2 is 1.88 bits per heavy atom. The summed E-state index contributed by atoms with van der Waals surface area (Å²) in [6.45, 7) is 1.38. The SMILES string of the molecule is COc1cc(C(C)CO)c(F)c(OC)c1F. The molecule has 1 aromatic carbocycles. The van der Waals surface area contributed by atoms with Crippen molar-refractivity contribution < 1.29 is 23.4 Å². The summed E-state index contributed by atoms with van der Waals surface area (Å²) in [4.78, 5) is 0. The molecule has 0 aromatic heterocycles. The first kappa shape index (κ1) is 12.7. The molecule has 0 aliphatic heterocycles. The van der Waals surface area contributed by atoms with E-state index in [0.29, 0.717) is 0 Å². The lowest BCUT2D eigenvalue weighted by molar-refractivity contribution is 0.267. The Morgan fingerprint density at radius 1 is 1.25 bits per heavy atom. The Bertz CT molecular complexity index is 380. The van der Waals surface area contributed by atoms with Crippen LogP contribution in [-0.4, -0.2) is 25.9 Å². The van der Waals surface area contributed by atoms with E-state index in [-0.39, 0.29) is 17.9 Å². The van der Waals surface area contributed by atoms with Crippen LogP contribution in [0.3, 0.4) is 0 Å². The van der Waals surface area contributed by atoms with E-state index in [1.54, 1.807) is 6.92 Å². The summed E-state index contributed by atoms with van der Waals surface area (Å²) in [6.07, 6.45) is 0. The number of halogens is 2. The van der Waals surface area contributed by atoms with E-state index in [1.165, 1.54) is 20.3 Å². The summed E-state index contributed by atoms with van der Waals surface area (Å²) in [7, 11) is 2.46. The fraction of sp³-hybridized carbons (Fsp3) is 0.455.